The van der Waals surface area contributed by atoms with Crippen LogP contribution in [0.3, 0.4) is 0 Å². The van der Waals surface area contributed by atoms with E-state index in [2.05, 4.69) is 38.8 Å². The fraction of sp³-hybridized carbons (Fsp3) is 0.105. The predicted molar refractivity (Wildman–Crippen MR) is 112 cm³/mol. The number of aromatic nitrogens is 3. The first-order chi connectivity index (χ1) is 13.5. The third-order valence-electron chi connectivity index (χ3n) is 3.89. The normalized spacial score (nSPS) is 10.8. The van der Waals surface area contributed by atoms with E-state index >= 15 is 0 Å². The third-order valence-corrected chi connectivity index (χ3v) is 5.71. The molecule has 2 heterocycles. The first kappa shape index (κ1) is 18.2. The molecule has 2 N–H and O–H groups in total. The molecule has 0 bridgehead atoms. The molecule has 0 atom stereocenters. The highest BCUT2D eigenvalue weighted by Crippen LogP contribution is 2.31. The van der Waals surface area contributed by atoms with Gasteiger partial charge in [-0.3, -0.25) is 14.9 Å². The summed E-state index contributed by atoms with van der Waals surface area (Å²) in [4.78, 5) is 28.6. The Morgan fingerprint density at radius 2 is 1.64 bits per heavy atom. The number of carbonyl (C=O) groups excluding carboxylic acids is 2. The number of carbonyl (C=O) groups is 2. The summed E-state index contributed by atoms with van der Waals surface area (Å²) in [6, 6.07) is 13.4. The second kappa shape index (κ2) is 7.45. The Balaban J connectivity index is 1.45. The summed E-state index contributed by atoms with van der Waals surface area (Å²) in [5.41, 5.74) is 3.63. The fourth-order valence-electron chi connectivity index (χ4n) is 2.54. The lowest BCUT2D eigenvalue weighted by molar-refractivity contribution is -0.133. The summed E-state index contributed by atoms with van der Waals surface area (Å²) < 4.78 is 1.14. The molecule has 0 spiro atoms. The number of anilines is 2. The standard InChI is InChI=1S/C19H15N5O2S2/c1-10-3-8-14-15(9-10)28-18(21-14)12-4-6-13(7-5-12)20-16(25)17(26)22-19-24-23-11(2)27-19/h3-9H,1-2H3,(H,20,25)(H,22,24,26). The Morgan fingerprint density at radius 1 is 0.893 bits per heavy atom. The van der Waals surface area contributed by atoms with Crippen molar-refractivity contribution in [2.75, 3.05) is 10.6 Å². The van der Waals surface area contributed by atoms with Crippen molar-refractivity contribution in [3.8, 4) is 10.6 Å². The average molecular weight is 409 g/mol. The van der Waals surface area contributed by atoms with E-state index in [4.69, 9.17) is 0 Å². The topological polar surface area (TPSA) is 96.9 Å². The van der Waals surface area contributed by atoms with Crippen molar-refractivity contribution in [3.05, 3.63) is 53.0 Å². The van der Waals surface area contributed by atoms with Crippen molar-refractivity contribution < 1.29 is 9.59 Å². The van der Waals surface area contributed by atoms with Gasteiger partial charge in [0.15, 0.2) is 0 Å². The van der Waals surface area contributed by atoms with Gasteiger partial charge in [-0.1, -0.05) is 17.4 Å². The molecule has 0 aliphatic rings. The van der Waals surface area contributed by atoms with Crippen LogP contribution in [-0.2, 0) is 9.59 Å². The molecule has 28 heavy (non-hydrogen) atoms. The molecule has 2 aromatic carbocycles. The summed E-state index contributed by atoms with van der Waals surface area (Å²) in [6.45, 7) is 3.82. The lowest BCUT2D eigenvalue weighted by atomic mass is 10.2. The van der Waals surface area contributed by atoms with Crippen LogP contribution in [-0.4, -0.2) is 27.0 Å². The zero-order valence-electron chi connectivity index (χ0n) is 15.0. The van der Waals surface area contributed by atoms with E-state index in [1.165, 1.54) is 16.9 Å². The molecule has 0 fully saturated rings. The number of fused-ring (bicyclic) bond motifs is 1. The SMILES string of the molecule is Cc1ccc2nc(-c3ccc(NC(=O)C(=O)Nc4nnc(C)s4)cc3)sc2c1. The van der Waals surface area contributed by atoms with Gasteiger partial charge in [-0.25, -0.2) is 4.98 Å². The van der Waals surface area contributed by atoms with Crippen LogP contribution < -0.4 is 10.6 Å². The summed E-state index contributed by atoms with van der Waals surface area (Å²) in [5.74, 6) is -1.56. The van der Waals surface area contributed by atoms with Gasteiger partial charge in [-0.05, 0) is 55.8 Å². The van der Waals surface area contributed by atoms with Crippen LogP contribution in [0.1, 0.15) is 10.6 Å². The predicted octanol–water partition coefficient (Wildman–Crippen LogP) is 4.01. The lowest BCUT2D eigenvalue weighted by Crippen LogP contribution is -2.29. The molecule has 4 rings (SSSR count). The monoisotopic (exact) mass is 409 g/mol. The number of rotatable bonds is 3. The van der Waals surface area contributed by atoms with Crippen LogP contribution >= 0.6 is 22.7 Å². The third kappa shape index (κ3) is 3.90. The Labute approximate surface area is 168 Å². The van der Waals surface area contributed by atoms with E-state index in [-0.39, 0.29) is 0 Å². The molecule has 9 heteroatoms. The van der Waals surface area contributed by atoms with Crippen molar-refractivity contribution in [2.45, 2.75) is 13.8 Å². The van der Waals surface area contributed by atoms with Gasteiger partial charge in [0.2, 0.25) is 5.13 Å². The highest BCUT2D eigenvalue weighted by Gasteiger charge is 2.16. The van der Waals surface area contributed by atoms with E-state index in [0.717, 1.165) is 20.8 Å². The maximum Gasteiger partial charge on any atom is 0.315 e. The van der Waals surface area contributed by atoms with Crippen LogP contribution in [0.4, 0.5) is 10.8 Å². The second-order valence-electron chi connectivity index (χ2n) is 6.10. The van der Waals surface area contributed by atoms with Gasteiger partial charge >= 0.3 is 11.8 Å². The molecular formula is C19H15N5O2S2. The fourth-order valence-corrected chi connectivity index (χ4v) is 4.20. The Hall–Kier alpha value is -3.17. The molecule has 0 unspecified atom stereocenters. The Bertz CT molecular complexity index is 1180. The number of hydrogen-bond donors (Lipinski definition) is 2. The van der Waals surface area contributed by atoms with Crippen LogP contribution in [0.2, 0.25) is 0 Å². The van der Waals surface area contributed by atoms with Gasteiger partial charge < -0.3 is 5.32 Å². The number of benzene rings is 2. The minimum Gasteiger partial charge on any atom is -0.318 e. The number of thiazole rings is 1. The van der Waals surface area contributed by atoms with E-state index in [9.17, 15) is 9.59 Å². The van der Waals surface area contributed by atoms with Gasteiger partial charge in [0.1, 0.15) is 10.0 Å². The van der Waals surface area contributed by atoms with Crippen molar-refractivity contribution in [2.24, 2.45) is 0 Å². The molecular weight excluding hydrogens is 394 g/mol. The minimum absolute atomic E-state index is 0.291. The van der Waals surface area contributed by atoms with Gasteiger partial charge in [0.05, 0.1) is 10.2 Å². The lowest BCUT2D eigenvalue weighted by Gasteiger charge is -2.05. The second-order valence-corrected chi connectivity index (χ2v) is 8.31. The molecule has 0 aliphatic heterocycles. The number of amides is 2. The summed E-state index contributed by atoms with van der Waals surface area (Å²) in [6.07, 6.45) is 0. The van der Waals surface area contributed by atoms with Gasteiger partial charge in [-0.2, -0.15) is 0 Å². The maximum absolute atomic E-state index is 12.1. The van der Waals surface area contributed by atoms with Gasteiger partial charge in [-0.15, -0.1) is 21.5 Å². The first-order valence-corrected chi connectivity index (χ1v) is 10.0. The van der Waals surface area contributed by atoms with E-state index < -0.39 is 11.8 Å². The average Bonchev–Trinajstić information content (AvgIpc) is 3.27. The van der Waals surface area contributed by atoms with Crippen molar-refractivity contribution in [1.82, 2.24) is 15.2 Å². The molecule has 0 saturated heterocycles. The highest BCUT2D eigenvalue weighted by atomic mass is 32.1. The molecule has 2 amide bonds. The number of hydrogen-bond acceptors (Lipinski definition) is 7. The number of aryl methyl sites for hydroxylation is 2. The maximum atomic E-state index is 12.1. The number of nitrogens with one attached hydrogen (secondary N) is 2. The minimum atomic E-state index is -0.790. The highest BCUT2D eigenvalue weighted by molar-refractivity contribution is 7.21. The molecule has 0 radical (unpaired) electrons. The summed E-state index contributed by atoms with van der Waals surface area (Å²) in [5, 5.41) is 14.4. The van der Waals surface area contributed by atoms with E-state index in [1.54, 1.807) is 30.4 Å². The van der Waals surface area contributed by atoms with Crippen LogP contribution in [0.15, 0.2) is 42.5 Å². The van der Waals surface area contributed by atoms with Crippen molar-refractivity contribution in [3.63, 3.8) is 0 Å². The summed E-state index contributed by atoms with van der Waals surface area (Å²) in [7, 11) is 0. The van der Waals surface area contributed by atoms with Gasteiger partial charge in [0, 0.05) is 11.3 Å². The van der Waals surface area contributed by atoms with Crippen LogP contribution in [0, 0.1) is 13.8 Å². The molecule has 2 aromatic heterocycles. The Morgan fingerprint density at radius 3 is 2.36 bits per heavy atom. The smallest absolute Gasteiger partial charge is 0.315 e. The van der Waals surface area contributed by atoms with Crippen LogP contribution in [0.5, 0.6) is 0 Å². The molecule has 140 valence electrons. The zero-order chi connectivity index (χ0) is 19.7. The van der Waals surface area contributed by atoms with Crippen LogP contribution in [0.25, 0.3) is 20.8 Å². The van der Waals surface area contributed by atoms with Gasteiger partial charge in [0.25, 0.3) is 0 Å². The number of nitrogens with zero attached hydrogens (tertiary/aromatic N) is 3. The summed E-state index contributed by atoms with van der Waals surface area (Å²) >= 11 is 2.82. The van der Waals surface area contributed by atoms with E-state index in [0.29, 0.717) is 15.8 Å². The quantitative estimate of drug-likeness (QED) is 0.498. The first-order valence-electron chi connectivity index (χ1n) is 8.38. The van der Waals surface area contributed by atoms with Crippen molar-refractivity contribution >= 4 is 55.5 Å². The Kier molecular flexibility index (Phi) is 4.84. The molecule has 0 aliphatic carbocycles. The van der Waals surface area contributed by atoms with E-state index in [1.807, 2.05) is 24.3 Å². The zero-order valence-corrected chi connectivity index (χ0v) is 16.6. The molecule has 0 saturated carbocycles. The van der Waals surface area contributed by atoms with Crippen molar-refractivity contribution in [1.29, 1.82) is 0 Å². The largest absolute Gasteiger partial charge is 0.318 e. The molecule has 4 aromatic rings. The molecule has 7 nitrogen and oxygen atoms in total.